The first kappa shape index (κ1) is 16.4. The Morgan fingerprint density at radius 2 is 1.71 bits per heavy atom. The molecular formula is C18H27F2N. The summed E-state index contributed by atoms with van der Waals surface area (Å²) in [7, 11) is 0. The van der Waals surface area contributed by atoms with Crippen molar-refractivity contribution >= 4 is 0 Å². The predicted octanol–water partition coefficient (Wildman–Crippen LogP) is 4.54. The molecule has 0 radical (unpaired) electrons. The first-order chi connectivity index (χ1) is 9.82. The molecule has 0 aliphatic heterocycles. The molecule has 1 saturated carbocycles. The van der Waals surface area contributed by atoms with Gasteiger partial charge in [0.15, 0.2) is 0 Å². The van der Waals surface area contributed by atoms with Gasteiger partial charge in [-0.1, -0.05) is 26.8 Å². The Labute approximate surface area is 126 Å². The number of benzene rings is 1. The van der Waals surface area contributed by atoms with E-state index in [1.807, 2.05) is 0 Å². The molecule has 0 heterocycles. The van der Waals surface area contributed by atoms with Crippen molar-refractivity contribution in [3.05, 3.63) is 35.4 Å². The summed E-state index contributed by atoms with van der Waals surface area (Å²) in [5, 5.41) is 0. The van der Waals surface area contributed by atoms with Crippen LogP contribution in [0.5, 0.6) is 0 Å². The quantitative estimate of drug-likeness (QED) is 0.870. The number of hydrogen-bond donors (Lipinski definition) is 1. The van der Waals surface area contributed by atoms with Gasteiger partial charge in [0.2, 0.25) is 0 Å². The van der Waals surface area contributed by atoms with E-state index in [0.29, 0.717) is 24.8 Å². The maximum Gasteiger partial charge on any atom is 0.129 e. The fraction of sp³-hybridized carbons (Fsp3) is 0.667. The summed E-state index contributed by atoms with van der Waals surface area (Å²) in [6.07, 6.45) is 3.72. The minimum absolute atomic E-state index is 0.232. The minimum atomic E-state index is -0.427. The molecule has 0 saturated heterocycles. The van der Waals surface area contributed by atoms with E-state index in [9.17, 15) is 8.78 Å². The van der Waals surface area contributed by atoms with Crippen LogP contribution in [0.15, 0.2) is 18.2 Å². The molecule has 1 nitrogen and oxygen atoms in total. The number of nitrogens with two attached hydrogens (primary N) is 1. The molecule has 1 aromatic rings. The van der Waals surface area contributed by atoms with E-state index in [2.05, 4.69) is 20.8 Å². The summed E-state index contributed by atoms with van der Waals surface area (Å²) < 4.78 is 27.8. The normalized spacial score (nSPS) is 26.9. The standard InChI is InChI=1S/C18H27F2N/c1-18(2,3)14-8-7-12(11-21)13(9-14)10-15-16(19)5-4-6-17(15)20/h4-6,12-14H,7-11,21H2,1-3H3. The average Bonchev–Trinajstić information content (AvgIpc) is 2.42. The van der Waals surface area contributed by atoms with Crippen molar-refractivity contribution in [2.75, 3.05) is 6.54 Å². The van der Waals surface area contributed by atoms with Gasteiger partial charge in [0.1, 0.15) is 11.6 Å². The van der Waals surface area contributed by atoms with Crippen molar-refractivity contribution in [1.29, 1.82) is 0 Å². The van der Waals surface area contributed by atoms with Crippen LogP contribution in [0.3, 0.4) is 0 Å². The Bertz CT molecular complexity index is 458. The third kappa shape index (κ3) is 3.82. The van der Waals surface area contributed by atoms with Gasteiger partial charge < -0.3 is 5.73 Å². The SMILES string of the molecule is CC(C)(C)C1CCC(CN)C(Cc2c(F)cccc2F)C1. The molecule has 2 N–H and O–H groups in total. The van der Waals surface area contributed by atoms with Gasteiger partial charge in [0.05, 0.1) is 0 Å². The van der Waals surface area contributed by atoms with Crippen LogP contribution in [-0.2, 0) is 6.42 Å². The van der Waals surface area contributed by atoms with Crippen LogP contribution in [0, 0.1) is 34.8 Å². The zero-order valence-electron chi connectivity index (χ0n) is 13.3. The maximum atomic E-state index is 13.9. The van der Waals surface area contributed by atoms with Gasteiger partial charge in [-0.25, -0.2) is 8.78 Å². The molecule has 118 valence electrons. The molecule has 21 heavy (non-hydrogen) atoms. The molecule has 0 aromatic heterocycles. The predicted molar refractivity (Wildman–Crippen MR) is 82.9 cm³/mol. The Kier molecular flexibility index (Phi) is 5.03. The molecule has 1 aliphatic carbocycles. The summed E-state index contributed by atoms with van der Waals surface area (Å²) >= 11 is 0. The highest BCUT2D eigenvalue weighted by Gasteiger charge is 2.35. The molecular weight excluding hydrogens is 268 g/mol. The van der Waals surface area contributed by atoms with Crippen LogP contribution >= 0.6 is 0 Å². The molecule has 1 aromatic carbocycles. The highest BCUT2D eigenvalue weighted by Crippen LogP contribution is 2.43. The van der Waals surface area contributed by atoms with Gasteiger partial charge >= 0.3 is 0 Å². The molecule has 1 fully saturated rings. The summed E-state index contributed by atoms with van der Waals surface area (Å²) in [6.45, 7) is 7.36. The van der Waals surface area contributed by atoms with Crippen LogP contribution in [-0.4, -0.2) is 6.54 Å². The van der Waals surface area contributed by atoms with Crippen molar-refractivity contribution < 1.29 is 8.78 Å². The van der Waals surface area contributed by atoms with Crippen LogP contribution in [0.25, 0.3) is 0 Å². The first-order valence-electron chi connectivity index (χ1n) is 7.96. The molecule has 0 bridgehead atoms. The molecule has 3 heteroatoms. The molecule has 0 spiro atoms. The van der Waals surface area contributed by atoms with Crippen molar-refractivity contribution in [3.63, 3.8) is 0 Å². The van der Waals surface area contributed by atoms with Gasteiger partial charge in [-0.3, -0.25) is 0 Å². The van der Waals surface area contributed by atoms with E-state index in [4.69, 9.17) is 5.73 Å². The Balaban J connectivity index is 2.18. The number of hydrogen-bond acceptors (Lipinski definition) is 1. The molecule has 3 unspecified atom stereocenters. The van der Waals surface area contributed by atoms with Crippen molar-refractivity contribution in [1.82, 2.24) is 0 Å². The lowest BCUT2D eigenvalue weighted by Gasteiger charge is -2.41. The fourth-order valence-electron chi connectivity index (χ4n) is 3.66. The fourth-order valence-corrected chi connectivity index (χ4v) is 3.66. The van der Waals surface area contributed by atoms with Gasteiger partial charge in [-0.2, -0.15) is 0 Å². The van der Waals surface area contributed by atoms with Gasteiger partial charge in [0, 0.05) is 5.56 Å². The highest BCUT2D eigenvalue weighted by atomic mass is 19.1. The third-order valence-electron chi connectivity index (χ3n) is 5.20. The minimum Gasteiger partial charge on any atom is -0.330 e. The Morgan fingerprint density at radius 1 is 1.10 bits per heavy atom. The Hall–Kier alpha value is -0.960. The average molecular weight is 295 g/mol. The smallest absolute Gasteiger partial charge is 0.129 e. The Morgan fingerprint density at radius 3 is 2.24 bits per heavy atom. The maximum absolute atomic E-state index is 13.9. The third-order valence-corrected chi connectivity index (χ3v) is 5.20. The second-order valence-electron chi connectivity index (χ2n) is 7.54. The number of halogens is 2. The lowest BCUT2D eigenvalue weighted by molar-refractivity contribution is 0.100. The lowest BCUT2D eigenvalue weighted by Crippen LogP contribution is -2.36. The van der Waals surface area contributed by atoms with Crippen molar-refractivity contribution in [2.24, 2.45) is 28.9 Å². The first-order valence-corrected chi connectivity index (χ1v) is 7.96. The molecule has 3 atom stereocenters. The summed E-state index contributed by atoms with van der Waals surface area (Å²) in [5.74, 6) is 0.398. The largest absolute Gasteiger partial charge is 0.330 e. The molecule has 1 aliphatic rings. The van der Waals surface area contributed by atoms with E-state index in [0.717, 1.165) is 12.8 Å². The van der Waals surface area contributed by atoms with Crippen molar-refractivity contribution in [2.45, 2.75) is 46.5 Å². The van der Waals surface area contributed by atoms with Crippen molar-refractivity contribution in [3.8, 4) is 0 Å². The topological polar surface area (TPSA) is 26.0 Å². The summed E-state index contributed by atoms with van der Waals surface area (Å²) in [5.41, 5.74) is 6.36. The second kappa shape index (κ2) is 6.43. The lowest BCUT2D eigenvalue weighted by atomic mass is 9.64. The highest BCUT2D eigenvalue weighted by molar-refractivity contribution is 5.20. The van der Waals surface area contributed by atoms with E-state index < -0.39 is 11.6 Å². The van der Waals surface area contributed by atoms with Crippen LogP contribution in [0.2, 0.25) is 0 Å². The van der Waals surface area contributed by atoms with Crippen LogP contribution < -0.4 is 5.73 Å². The number of rotatable bonds is 3. The second-order valence-corrected chi connectivity index (χ2v) is 7.54. The summed E-state index contributed by atoms with van der Waals surface area (Å²) in [6, 6.07) is 4.12. The van der Waals surface area contributed by atoms with Gasteiger partial charge in [-0.05, 0) is 67.5 Å². The monoisotopic (exact) mass is 295 g/mol. The van der Waals surface area contributed by atoms with Gasteiger partial charge in [0.25, 0.3) is 0 Å². The molecule has 0 amide bonds. The van der Waals surface area contributed by atoms with Crippen LogP contribution in [0.4, 0.5) is 8.78 Å². The van der Waals surface area contributed by atoms with E-state index in [-0.39, 0.29) is 16.9 Å². The van der Waals surface area contributed by atoms with Crippen LogP contribution in [0.1, 0.15) is 45.6 Å². The van der Waals surface area contributed by atoms with E-state index in [1.165, 1.54) is 24.6 Å². The molecule has 2 rings (SSSR count). The zero-order chi connectivity index (χ0) is 15.6. The van der Waals surface area contributed by atoms with E-state index in [1.54, 1.807) is 0 Å². The van der Waals surface area contributed by atoms with Gasteiger partial charge in [-0.15, -0.1) is 0 Å². The summed E-state index contributed by atoms with van der Waals surface area (Å²) in [4.78, 5) is 0. The van der Waals surface area contributed by atoms with E-state index >= 15 is 0 Å². The zero-order valence-corrected chi connectivity index (χ0v) is 13.3.